The lowest BCUT2D eigenvalue weighted by Crippen LogP contribution is -2.53. The van der Waals surface area contributed by atoms with Gasteiger partial charge in [-0.05, 0) is 87.4 Å². The van der Waals surface area contributed by atoms with Crippen molar-refractivity contribution in [3.63, 3.8) is 0 Å². The van der Waals surface area contributed by atoms with E-state index in [0.717, 1.165) is 9.87 Å². The van der Waals surface area contributed by atoms with E-state index < -0.39 is 28.5 Å². The molecule has 8 nitrogen and oxygen atoms in total. The average Bonchev–Trinajstić information content (AvgIpc) is 3.05. The van der Waals surface area contributed by atoms with Crippen LogP contribution in [0.1, 0.15) is 44.7 Å². The van der Waals surface area contributed by atoms with Crippen molar-refractivity contribution in [2.45, 2.75) is 64.1 Å². The predicted octanol–water partition coefficient (Wildman–Crippen LogP) is 8.01. The highest BCUT2D eigenvalue weighted by Gasteiger charge is 2.34. The van der Waals surface area contributed by atoms with Crippen LogP contribution >= 0.6 is 23.2 Å². The lowest BCUT2D eigenvalue weighted by atomic mass is 10.1. The summed E-state index contributed by atoms with van der Waals surface area (Å²) in [7, 11) is -4.24. The van der Waals surface area contributed by atoms with Gasteiger partial charge in [-0.2, -0.15) is 0 Å². The van der Waals surface area contributed by atoms with Gasteiger partial charge < -0.3 is 15.0 Å². The van der Waals surface area contributed by atoms with Crippen LogP contribution in [0.5, 0.6) is 11.5 Å². The molecule has 11 heteroatoms. The van der Waals surface area contributed by atoms with Crippen molar-refractivity contribution in [1.82, 2.24) is 10.2 Å². The van der Waals surface area contributed by atoms with Crippen molar-refractivity contribution in [2.75, 3.05) is 10.8 Å². The second-order valence-electron chi connectivity index (χ2n) is 11.2. The number of halogens is 2. The molecule has 47 heavy (non-hydrogen) atoms. The van der Waals surface area contributed by atoms with Crippen LogP contribution in [-0.2, 0) is 26.2 Å². The van der Waals surface area contributed by atoms with Gasteiger partial charge in [-0.1, -0.05) is 79.0 Å². The van der Waals surface area contributed by atoms with E-state index in [0.29, 0.717) is 33.5 Å². The number of amides is 2. The molecule has 0 heterocycles. The van der Waals surface area contributed by atoms with Gasteiger partial charge in [0.2, 0.25) is 11.8 Å². The summed E-state index contributed by atoms with van der Waals surface area (Å²) in [6.07, 6.45) is 0.964. The Morgan fingerprint density at radius 2 is 1.40 bits per heavy atom. The number of aryl methyl sites for hydroxylation is 1. The normalized spacial score (nSPS) is 12.6. The fraction of sp³-hybridized carbons (Fsp3) is 0.278. The molecule has 1 N–H and O–H groups in total. The number of carbonyl (C=O) groups excluding carboxylic acids is 2. The maximum Gasteiger partial charge on any atom is 0.264 e. The minimum atomic E-state index is -4.24. The number of anilines is 1. The maximum absolute atomic E-state index is 14.4. The smallest absolute Gasteiger partial charge is 0.264 e. The van der Waals surface area contributed by atoms with Gasteiger partial charge in [-0.15, -0.1) is 0 Å². The van der Waals surface area contributed by atoms with E-state index in [1.165, 1.54) is 17.0 Å². The first kappa shape index (κ1) is 35.8. The van der Waals surface area contributed by atoms with Crippen LogP contribution in [0.15, 0.2) is 102 Å². The summed E-state index contributed by atoms with van der Waals surface area (Å²) in [5.41, 5.74) is 1.58. The van der Waals surface area contributed by atoms with E-state index in [2.05, 4.69) is 5.32 Å². The average molecular weight is 697 g/mol. The van der Waals surface area contributed by atoms with Crippen LogP contribution in [0.25, 0.3) is 0 Å². The van der Waals surface area contributed by atoms with Crippen molar-refractivity contribution >= 4 is 50.7 Å². The quantitative estimate of drug-likeness (QED) is 0.144. The first-order valence-electron chi connectivity index (χ1n) is 15.4. The number of rotatable bonds is 14. The summed E-state index contributed by atoms with van der Waals surface area (Å²) in [5.74, 6) is 0.151. The molecule has 4 aromatic rings. The molecule has 2 amide bonds. The van der Waals surface area contributed by atoms with Gasteiger partial charge in [0.1, 0.15) is 24.1 Å². The molecule has 0 saturated heterocycles. The van der Waals surface area contributed by atoms with E-state index in [1.54, 1.807) is 61.5 Å². The van der Waals surface area contributed by atoms with E-state index in [1.807, 2.05) is 51.1 Å². The number of nitrogens with one attached hydrogen (secondary N) is 1. The van der Waals surface area contributed by atoms with Gasteiger partial charge in [0, 0.05) is 28.2 Å². The minimum absolute atomic E-state index is 0.0164. The summed E-state index contributed by atoms with van der Waals surface area (Å²) in [6, 6.07) is 26.0. The standard InChI is InChI=1S/C36H39Cl2N3O5S/c1-5-26(4)39-36(43)34(6-2)40(23-31-32(37)13-10-14-33(31)38)35(42)24-41(47(44,45)30-21-15-25(3)16-22-30)27-17-19-29(20-18-27)46-28-11-8-7-9-12-28/h7-22,26,34H,5-6,23-24H2,1-4H3,(H,39,43)/t26-,34+/m0/s1. The Balaban J connectivity index is 1.76. The number of benzene rings is 4. The van der Waals surface area contributed by atoms with E-state index >= 15 is 0 Å². The lowest BCUT2D eigenvalue weighted by Gasteiger charge is -2.34. The fourth-order valence-electron chi connectivity index (χ4n) is 4.89. The SMILES string of the molecule is CC[C@H](C(=O)N[C@@H](C)CC)N(Cc1c(Cl)cccc1Cl)C(=O)CN(c1ccc(Oc2ccccc2)cc1)S(=O)(=O)c1ccc(C)cc1. The Hall–Kier alpha value is -4.05. The molecule has 0 spiro atoms. The summed E-state index contributed by atoms with van der Waals surface area (Å²) >= 11 is 13.0. The zero-order chi connectivity index (χ0) is 34.1. The van der Waals surface area contributed by atoms with Crippen molar-refractivity contribution in [3.05, 3.63) is 118 Å². The summed E-state index contributed by atoms with van der Waals surface area (Å²) in [4.78, 5) is 29.3. The van der Waals surface area contributed by atoms with Crippen molar-refractivity contribution in [1.29, 1.82) is 0 Å². The second-order valence-corrected chi connectivity index (χ2v) is 13.9. The third-order valence-electron chi connectivity index (χ3n) is 7.77. The second kappa shape index (κ2) is 16.2. The molecule has 4 rings (SSSR count). The predicted molar refractivity (Wildman–Crippen MR) is 188 cm³/mol. The van der Waals surface area contributed by atoms with Gasteiger partial charge in [0.05, 0.1) is 10.6 Å². The molecule has 4 aromatic carbocycles. The monoisotopic (exact) mass is 695 g/mol. The Labute approximate surface area is 287 Å². The number of ether oxygens (including phenoxy) is 1. The summed E-state index contributed by atoms with van der Waals surface area (Å²) < 4.78 is 35.4. The molecule has 0 saturated carbocycles. The van der Waals surface area contributed by atoms with Gasteiger partial charge in [-0.25, -0.2) is 8.42 Å². The first-order chi connectivity index (χ1) is 22.4. The Morgan fingerprint density at radius 3 is 1.98 bits per heavy atom. The molecular weight excluding hydrogens is 657 g/mol. The highest BCUT2D eigenvalue weighted by atomic mass is 35.5. The third-order valence-corrected chi connectivity index (χ3v) is 10.3. The molecule has 0 aromatic heterocycles. The maximum atomic E-state index is 14.4. The highest BCUT2D eigenvalue weighted by molar-refractivity contribution is 7.92. The molecule has 0 radical (unpaired) electrons. The number of hydrogen-bond acceptors (Lipinski definition) is 5. The van der Waals surface area contributed by atoms with Crippen LogP contribution in [0, 0.1) is 6.92 Å². The highest BCUT2D eigenvalue weighted by Crippen LogP contribution is 2.30. The Morgan fingerprint density at radius 1 is 0.809 bits per heavy atom. The molecule has 0 aliphatic heterocycles. The van der Waals surface area contributed by atoms with Crippen LogP contribution < -0.4 is 14.4 Å². The Kier molecular flexibility index (Phi) is 12.3. The third kappa shape index (κ3) is 9.06. The fourth-order valence-corrected chi connectivity index (χ4v) is 6.82. The van der Waals surface area contributed by atoms with Gasteiger partial charge in [0.15, 0.2) is 0 Å². The van der Waals surface area contributed by atoms with E-state index in [4.69, 9.17) is 27.9 Å². The Bertz CT molecular complexity index is 1750. The van der Waals surface area contributed by atoms with Crippen molar-refractivity contribution in [2.24, 2.45) is 0 Å². The minimum Gasteiger partial charge on any atom is -0.457 e. The number of para-hydroxylation sites is 1. The van der Waals surface area contributed by atoms with Gasteiger partial charge in [-0.3, -0.25) is 13.9 Å². The molecule has 2 atom stereocenters. The van der Waals surface area contributed by atoms with E-state index in [9.17, 15) is 18.0 Å². The van der Waals surface area contributed by atoms with E-state index in [-0.39, 0.29) is 35.5 Å². The molecule has 0 aliphatic carbocycles. The summed E-state index contributed by atoms with van der Waals surface area (Å²) in [6.45, 7) is 6.78. The van der Waals surface area contributed by atoms with Crippen molar-refractivity contribution < 1.29 is 22.7 Å². The molecular formula is C36H39Cl2N3O5S. The zero-order valence-corrected chi connectivity index (χ0v) is 29.1. The number of nitrogens with zero attached hydrogens (tertiary/aromatic N) is 2. The zero-order valence-electron chi connectivity index (χ0n) is 26.8. The van der Waals surface area contributed by atoms with Gasteiger partial charge in [0.25, 0.3) is 10.0 Å². The summed E-state index contributed by atoms with van der Waals surface area (Å²) in [5, 5.41) is 3.61. The number of sulfonamides is 1. The molecule has 0 aliphatic rings. The molecule has 248 valence electrons. The van der Waals surface area contributed by atoms with Crippen LogP contribution in [0.2, 0.25) is 10.0 Å². The topological polar surface area (TPSA) is 96.0 Å². The first-order valence-corrected chi connectivity index (χ1v) is 17.6. The molecule has 0 fully saturated rings. The lowest BCUT2D eigenvalue weighted by molar-refractivity contribution is -0.140. The number of carbonyl (C=O) groups is 2. The molecule has 0 bridgehead atoms. The van der Waals surface area contributed by atoms with Crippen LogP contribution in [0.3, 0.4) is 0 Å². The van der Waals surface area contributed by atoms with Crippen molar-refractivity contribution in [3.8, 4) is 11.5 Å². The van der Waals surface area contributed by atoms with Crippen LogP contribution in [0.4, 0.5) is 5.69 Å². The number of hydrogen-bond donors (Lipinski definition) is 1. The molecule has 0 unspecified atom stereocenters. The van der Waals surface area contributed by atoms with Crippen LogP contribution in [-0.4, -0.2) is 43.8 Å². The largest absolute Gasteiger partial charge is 0.457 e. The van der Waals surface area contributed by atoms with Gasteiger partial charge >= 0.3 is 0 Å².